The van der Waals surface area contributed by atoms with Crippen LogP contribution in [0.4, 0.5) is 21.7 Å². The van der Waals surface area contributed by atoms with Gasteiger partial charge in [0.25, 0.3) is 0 Å². The van der Waals surface area contributed by atoms with Gasteiger partial charge in [0.15, 0.2) is 0 Å². The van der Waals surface area contributed by atoms with Crippen molar-refractivity contribution in [3.05, 3.63) is 107 Å². The first-order valence-corrected chi connectivity index (χ1v) is 14.7. The van der Waals surface area contributed by atoms with Gasteiger partial charge in [-0.1, -0.05) is 29.8 Å². The summed E-state index contributed by atoms with van der Waals surface area (Å²) in [5, 5.41) is 12.1. The molecule has 12 heteroatoms. The number of carbonyl (C=O) groups is 1. The molecule has 0 aliphatic heterocycles. The first kappa shape index (κ1) is 27.0. The lowest BCUT2D eigenvalue weighted by Gasteiger charge is -2.16. The third kappa shape index (κ3) is 5.52. The maximum Gasteiger partial charge on any atom is 0.247 e. The van der Waals surface area contributed by atoms with Crippen molar-refractivity contribution < 1.29 is 13.9 Å². The number of aryl methyl sites for hydroxylation is 1. The van der Waals surface area contributed by atoms with Crippen LogP contribution in [0.1, 0.15) is 16.8 Å². The number of fused-ring (bicyclic) bond motifs is 5. The van der Waals surface area contributed by atoms with E-state index >= 15 is 0 Å². The Labute approximate surface area is 254 Å². The van der Waals surface area contributed by atoms with Crippen LogP contribution in [0, 0.1) is 5.82 Å². The zero-order valence-corrected chi connectivity index (χ0v) is 24.1. The Bertz CT molecular complexity index is 1980. The van der Waals surface area contributed by atoms with Gasteiger partial charge < -0.3 is 15.4 Å². The van der Waals surface area contributed by atoms with Gasteiger partial charge in [-0.25, -0.2) is 19.3 Å². The van der Waals surface area contributed by atoms with Gasteiger partial charge >= 0.3 is 0 Å². The van der Waals surface area contributed by atoms with E-state index < -0.39 is 0 Å². The number of nitrogens with zero attached hydrogens (tertiary/aromatic N) is 5. The molecule has 1 amide bonds. The molecule has 0 unspecified atom stereocenters. The molecule has 1 aliphatic carbocycles. The van der Waals surface area contributed by atoms with Gasteiger partial charge in [0.1, 0.15) is 47.5 Å². The predicted molar refractivity (Wildman–Crippen MR) is 164 cm³/mol. The van der Waals surface area contributed by atoms with E-state index in [1.807, 2.05) is 18.3 Å². The van der Waals surface area contributed by atoms with Crippen LogP contribution in [0.5, 0.6) is 5.75 Å². The molecule has 1 aliphatic rings. The molecule has 43 heavy (non-hydrogen) atoms. The van der Waals surface area contributed by atoms with E-state index in [9.17, 15) is 9.18 Å². The summed E-state index contributed by atoms with van der Waals surface area (Å²) in [5.74, 6) is 1.18. The lowest BCUT2D eigenvalue weighted by molar-refractivity contribution is -0.117. The second-order valence-corrected chi connectivity index (χ2v) is 11.3. The minimum atomic E-state index is -0.312. The quantitative estimate of drug-likeness (QED) is 0.195. The third-order valence-corrected chi connectivity index (χ3v) is 8.56. The smallest absolute Gasteiger partial charge is 0.247 e. The molecule has 7 rings (SSSR count). The number of rotatable bonds is 8. The molecule has 6 aromatic rings. The Morgan fingerprint density at radius 1 is 1.07 bits per heavy atom. The molecule has 0 bridgehead atoms. The molecule has 2 N–H and O–H groups in total. The highest BCUT2D eigenvalue weighted by molar-refractivity contribution is 7.22. The Morgan fingerprint density at radius 3 is 2.84 bits per heavy atom. The van der Waals surface area contributed by atoms with Crippen molar-refractivity contribution in [1.29, 1.82) is 0 Å². The molecular formula is C31H23ClFN7O2S. The first-order valence-electron chi connectivity index (χ1n) is 13.5. The summed E-state index contributed by atoms with van der Waals surface area (Å²) in [6, 6.07) is 17.0. The highest BCUT2D eigenvalue weighted by Gasteiger charge is 2.27. The SMILES string of the molecule is O=C(Cn1ncc2c1CCc1c-2sc2ncnc(Nc3ccc(OCc4cccc(F)c4)c(Cl)c3)c12)Nc1ccccn1. The summed E-state index contributed by atoms with van der Waals surface area (Å²) in [4.78, 5) is 27.9. The molecule has 0 spiro atoms. The van der Waals surface area contributed by atoms with Gasteiger partial charge in [-0.15, -0.1) is 11.3 Å². The number of aromatic nitrogens is 5. The highest BCUT2D eigenvalue weighted by Crippen LogP contribution is 2.45. The summed E-state index contributed by atoms with van der Waals surface area (Å²) in [7, 11) is 0. The maximum atomic E-state index is 13.5. The van der Waals surface area contributed by atoms with Crippen molar-refractivity contribution in [2.75, 3.05) is 10.6 Å². The summed E-state index contributed by atoms with van der Waals surface area (Å²) < 4.78 is 21.1. The van der Waals surface area contributed by atoms with E-state index in [0.29, 0.717) is 28.0 Å². The van der Waals surface area contributed by atoms with Gasteiger partial charge in [0.2, 0.25) is 5.91 Å². The molecule has 0 saturated heterocycles. The largest absolute Gasteiger partial charge is 0.487 e. The van der Waals surface area contributed by atoms with Crippen LogP contribution in [-0.2, 0) is 30.8 Å². The van der Waals surface area contributed by atoms with Crippen molar-refractivity contribution in [2.45, 2.75) is 26.0 Å². The zero-order chi connectivity index (χ0) is 29.3. The number of anilines is 3. The standard InChI is InChI=1S/C31H23ClFN7O2S/c32-23-13-20(7-10-25(23)42-16-18-4-3-5-19(33)12-18)38-30-28-21-8-9-24-22(29(21)43-31(28)36-17-35-30)14-37-40(24)15-27(41)39-26-6-1-2-11-34-26/h1-7,10-14,17H,8-9,15-16H2,(H,34,39,41)(H,35,36,38). The fourth-order valence-electron chi connectivity index (χ4n) is 5.16. The highest BCUT2D eigenvalue weighted by atomic mass is 35.5. The van der Waals surface area contributed by atoms with E-state index in [1.54, 1.807) is 58.6 Å². The van der Waals surface area contributed by atoms with Gasteiger partial charge in [-0.3, -0.25) is 9.48 Å². The van der Waals surface area contributed by atoms with Crippen LogP contribution in [0.15, 0.2) is 79.4 Å². The Kier molecular flexibility index (Phi) is 7.17. The van der Waals surface area contributed by atoms with E-state index in [1.165, 1.54) is 18.5 Å². The topological polar surface area (TPSA) is 107 Å². The van der Waals surface area contributed by atoms with Crippen LogP contribution in [0.3, 0.4) is 0 Å². The molecule has 0 radical (unpaired) electrons. The van der Waals surface area contributed by atoms with Gasteiger partial charge in [0, 0.05) is 28.0 Å². The number of benzene rings is 2. The average molecular weight is 612 g/mol. The van der Waals surface area contributed by atoms with Gasteiger partial charge in [0.05, 0.1) is 16.6 Å². The second kappa shape index (κ2) is 11.4. The van der Waals surface area contributed by atoms with Crippen LogP contribution < -0.4 is 15.4 Å². The lowest BCUT2D eigenvalue weighted by atomic mass is 9.95. The fourth-order valence-corrected chi connectivity index (χ4v) is 6.62. The molecular weight excluding hydrogens is 589 g/mol. The lowest BCUT2D eigenvalue weighted by Crippen LogP contribution is -2.22. The van der Waals surface area contributed by atoms with Crippen molar-refractivity contribution >= 4 is 56.4 Å². The molecule has 214 valence electrons. The summed E-state index contributed by atoms with van der Waals surface area (Å²) >= 11 is 8.12. The average Bonchev–Trinajstić information content (AvgIpc) is 3.59. The number of halogens is 2. The summed E-state index contributed by atoms with van der Waals surface area (Å²) in [5.41, 5.74) is 4.62. The molecule has 9 nitrogen and oxygen atoms in total. The van der Waals surface area contributed by atoms with Crippen molar-refractivity contribution in [3.8, 4) is 16.2 Å². The number of hydrogen-bond acceptors (Lipinski definition) is 8. The number of amides is 1. The molecule has 0 fully saturated rings. The molecule has 0 atom stereocenters. The fraction of sp³-hybridized carbons (Fsp3) is 0.129. The minimum Gasteiger partial charge on any atom is -0.487 e. The molecule has 4 heterocycles. The summed E-state index contributed by atoms with van der Waals surface area (Å²) in [6.07, 6.45) is 6.47. The minimum absolute atomic E-state index is 0.0987. The number of nitrogens with one attached hydrogen (secondary N) is 2. The predicted octanol–water partition coefficient (Wildman–Crippen LogP) is 6.80. The Balaban J connectivity index is 1.11. The van der Waals surface area contributed by atoms with Crippen LogP contribution in [0.2, 0.25) is 5.02 Å². The van der Waals surface area contributed by atoms with E-state index in [0.717, 1.165) is 50.4 Å². The molecule has 0 saturated carbocycles. The van der Waals surface area contributed by atoms with Crippen LogP contribution >= 0.6 is 22.9 Å². The van der Waals surface area contributed by atoms with Gasteiger partial charge in [-0.05, 0) is 66.4 Å². The monoisotopic (exact) mass is 611 g/mol. The first-order chi connectivity index (χ1) is 21.0. The third-order valence-electron chi connectivity index (χ3n) is 7.10. The Morgan fingerprint density at radius 2 is 2.00 bits per heavy atom. The second-order valence-electron chi connectivity index (χ2n) is 9.93. The van der Waals surface area contributed by atoms with Crippen LogP contribution in [0.25, 0.3) is 20.7 Å². The van der Waals surface area contributed by atoms with Crippen molar-refractivity contribution in [3.63, 3.8) is 0 Å². The Hall–Kier alpha value is -4.87. The number of carbonyl (C=O) groups excluding carboxylic acids is 1. The van der Waals surface area contributed by atoms with Gasteiger partial charge in [-0.2, -0.15) is 5.10 Å². The maximum absolute atomic E-state index is 13.5. The number of pyridine rings is 1. The number of ether oxygens (including phenoxy) is 1. The zero-order valence-electron chi connectivity index (χ0n) is 22.6. The van der Waals surface area contributed by atoms with E-state index in [4.69, 9.17) is 16.3 Å². The number of hydrogen-bond donors (Lipinski definition) is 2. The molecule has 4 aromatic heterocycles. The van der Waals surface area contributed by atoms with E-state index in [-0.39, 0.29) is 24.9 Å². The molecule has 2 aromatic carbocycles. The summed E-state index contributed by atoms with van der Waals surface area (Å²) in [6.45, 7) is 0.298. The van der Waals surface area contributed by atoms with Crippen LogP contribution in [-0.4, -0.2) is 30.6 Å². The van der Waals surface area contributed by atoms with E-state index in [2.05, 4.69) is 30.7 Å². The van der Waals surface area contributed by atoms with Crippen molar-refractivity contribution in [2.24, 2.45) is 0 Å². The number of thiophene rings is 1. The normalized spacial score (nSPS) is 12.0. The van der Waals surface area contributed by atoms with Crippen molar-refractivity contribution in [1.82, 2.24) is 24.7 Å².